The minimum absolute atomic E-state index is 0.00858. The van der Waals surface area contributed by atoms with Crippen LogP contribution in [0.4, 0.5) is 0 Å². The molecule has 1 nitrogen and oxygen atoms in total. The standard InChI is InChI=1S/C40H46N/c1-27-13-11-12-18-32(27)39-25-35(36(26-41(39)4)29-16-9-6-10-17-29)31-20-22-34-33-21-19-30(28-14-7-5-8-15-28)23-37(33)40(2,3)38(34)24-31/h11-13,18-26,28-29H,5-10,14-17H2,1-4H3/q+1. The first-order chi connectivity index (χ1) is 19.9. The molecule has 1 aromatic heterocycles. The second kappa shape index (κ2) is 10.6. The van der Waals surface area contributed by atoms with Gasteiger partial charge in [0.05, 0.1) is 0 Å². The van der Waals surface area contributed by atoms with Gasteiger partial charge in [-0.1, -0.05) is 101 Å². The molecule has 3 aliphatic rings. The van der Waals surface area contributed by atoms with E-state index in [9.17, 15) is 0 Å². The molecule has 0 saturated heterocycles. The summed E-state index contributed by atoms with van der Waals surface area (Å²) < 4.78 is 2.38. The summed E-state index contributed by atoms with van der Waals surface area (Å²) in [4.78, 5) is 0. The summed E-state index contributed by atoms with van der Waals surface area (Å²) in [5, 5.41) is 0. The lowest BCUT2D eigenvalue weighted by Crippen LogP contribution is -2.32. The van der Waals surface area contributed by atoms with Crippen LogP contribution >= 0.6 is 0 Å². The van der Waals surface area contributed by atoms with Crippen LogP contribution < -0.4 is 4.57 Å². The Hall–Kier alpha value is -3.19. The number of hydrogen-bond acceptors (Lipinski definition) is 0. The van der Waals surface area contributed by atoms with Crippen molar-refractivity contribution < 1.29 is 4.57 Å². The zero-order chi connectivity index (χ0) is 28.1. The molecular weight excluding hydrogens is 494 g/mol. The molecule has 0 N–H and O–H groups in total. The van der Waals surface area contributed by atoms with Crippen LogP contribution in [0.5, 0.6) is 0 Å². The minimum atomic E-state index is 0.00858. The summed E-state index contributed by atoms with van der Waals surface area (Å²) >= 11 is 0. The topological polar surface area (TPSA) is 3.88 Å². The monoisotopic (exact) mass is 540 g/mol. The van der Waals surface area contributed by atoms with E-state index in [1.165, 1.54) is 120 Å². The van der Waals surface area contributed by atoms with E-state index in [0.29, 0.717) is 5.92 Å². The average molecular weight is 541 g/mol. The van der Waals surface area contributed by atoms with E-state index in [1.807, 2.05) is 0 Å². The average Bonchev–Trinajstić information content (AvgIpc) is 3.23. The molecular formula is C40H46N+. The number of aryl methyl sites for hydroxylation is 2. The van der Waals surface area contributed by atoms with Crippen molar-refractivity contribution in [1.29, 1.82) is 0 Å². The van der Waals surface area contributed by atoms with E-state index in [1.54, 1.807) is 5.56 Å². The van der Waals surface area contributed by atoms with Crippen LogP contribution in [-0.2, 0) is 12.5 Å². The van der Waals surface area contributed by atoms with Crippen LogP contribution in [0.3, 0.4) is 0 Å². The maximum absolute atomic E-state index is 2.58. The summed E-state index contributed by atoms with van der Waals surface area (Å²) in [6.07, 6.45) is 16.1. The Morgan fingerprint density at radius 1 is 0.634 bits per heavy atom. The smallest absolute Gasteiger partial charge is 0.201 e. The first kappa shape index (κ1) is 26.7. The zero-order valence-electron chi connectivity index (χ0n) is 25.6. The van der Waals surface area contributed by atoms with Crippen molar-refractivity contribution in [3.05, 3.63) is 101 Å². The summed E-state index contributed by atoms with van der Waals surface area (Å²) in [7, 11) is 2.24. The fourth-order valence-electron chi connectivity index (χ4n) is 8.40. The number of pyridine rings is 1. The van der Waals surface area contributed by atoms with Crippen LogP contribution in [0.25, 0.3) is 33.5 Å². The van der Waals surface area contributed by atoms with Crippen LogP contribution in [0, 0.1) is 6.92 Å². The highest BCUT2D eigenvalue weighted by Crippen LogP contribution is 2.51. The van der Waals surface area contributed by atoms with Gasteiger partial charge in [-0.25, -0.2) is 4.57 Å². The molecule has 3 aliphatic carbocycles. The third-order valence-corrected chi connectivity index (χ3v) is 10.9. The normalized spacial score (nSPS) is 18.7. The van der Waals surface area contributed by atoms with Gasteiger partial charge in [0.2, 0.25) is 5.69 Å². The second-order valence-corrected chi connectivity index (χ2v) is 13.8. The van der Waals surface area contributed by atoms with Crippen LogP contribution in [0.15, 0.2) is 72.9 Å². The predicted octanol–water partition coefficient (Wildman–Crippen LogP) is 10.6. The lowest BCUT2D eigenvalue weighted by Gasteiger charge is -2.26. The molecule has 0 bridgehead atoms. The van der Waals surface area contributed by atoms with Gasteiger partial charge in [-0.2, -0.15) is 0 Å². The molecule has 3 aromatic carbocycles. The molecule has 0 unspecified atom stereocenters. The molecule has 0 atom stereocenters. The molecule has 0 amide bonds. The molecule has 4 aromatic rings. The van der Waals surface area contributed by atoms with Gasteiger partial charge in [-0.3, -0.25) is 0 Å². The summed E-state index contributed by atoms with van der Waals surface area (Å²) in [6, 6.07) is 26.2. The summed E-state index contributed by atoms with van der Waals surface area (Å²) in [5.74, 6) is 1.39. The third kappa shape index (κ3) is 4.66. The number of aromatic nitrogens is 1. The fraction of sp³-hybridized carbons (Fsp3) is 0.425. The van der Waals surface area contributed by atoms with E-state index >= 15 is 0 Å². The summed E-state index contributed by atoms with van der Waals surface area (Å²) in [6.45, 7) is 7.15. The van der Waals surface area contributed by atoms with Gasteiger partial charge in [-0.05, 0) is 101 Å². The van der Waals surface area contributed by atoms with E-state index in [4.69, 9.17) is 0 Å². The van der Waals surface area contributed by atoms with Crippen molar-refractivity contribution >= 4 is 0 Å². The third-order valence-electron chi connectivity index (χ3n) is 10.9. The highest BCUT2D eigenvalue weighted by Gasteiger charge is 2.37. The fourth-order valence-corrected chi connectivity index (χ4v) is 8.40. The molecule has 210 valence electrons. The Balaban J connectivity index is 1.35. The van der Waals surface area contributed by atoms with Gasteiger partial charge < -0.3 is 0 Å². The van der Waals surface area contributed by atoms with Gasteiger partial charge in [0.1, 0.15) is 7.05 Å². The van der Waals surface area contributed by atoms with E-state index < -0.39 is 0 Å². The zero-order valence-corrected chi connectivity index (χ0v) is 25.6. The lowest BCUT2D eigenvalue weighted by molar-refractivity contribution is -0.660. The number of hydrogen-bond donors (Lipinski definition) is 0. The Morgan fingerprint density at radius 2 is 1.27 bits per heavy atom. The first-order valence-corrected chi connectivity index (χ1v) is 16.3. The Bertz CT molecular complexity index is 1590. The Morgan fingerprint density at radius 3 is 1.98 bits per heavy atom. The molecule has 1 heteroatoms. The first-order valence-electron chi connectivity index (χ1n) is 16.3. The van der Waals surface area contributed by atoms with Gasteiger partial charge in [-0.15, -0.1) is 0 Å². The molecule has 1 heterocycles. The molecule has 2 fully saturated rings. The van der Waals surface area contributed by atoms with Gasteiger partial charge in [0, 0.05) is 22.6 Å². The molecule has 0 spiro atoms. The maximum atomic E-state index is 2.58. The Labute approximate surface area is 247 Å². The van der Waals surface area contributed by atoms with Gasteiger partial charge >= 0.3 is 0 Å². The van der Waals surface area contributed by atoms with Crippen molar-refractivity contribution in [1.82, 2.24) is 0 Å². The minimum Gasteiger partial charge on any atom is -0.201 e. The van der Waals surface area contributed by atoms with Crippen LogP contribution in [-0.4, -0.2) is 0 Å². The molecule has 2 saturated carbocycles. The number of nitrogens with zero attached hydrogens (tertiary/aromatic N) is 1. The van der Waals surface area contributed by atoms with E-state index in [2.05, 4.69) is 105 Å². The van der Waals surface area contributed by atoms with E-state index in [-0.39, 0.29) is 5.41 Å². The highest BCUT2D eigenvalue weighted by atomic mass is 14.9. The van der Waals surface area contributed by atoms with Crippen molar-refractivity contribution in [3.63, 3.8) is 0 Å². The van der Waals surface area contributed by atoms with Crippen molar-refractivity contribution in [2.24, 2.45) is 7.05 Å². The van der Waals surface area contributed by atoms with Crippen LogP contribution in [0.2, 0.25) is 0 Å². The molecule has 0 radical (unpaired) electrons. The number of rotatable bonds is 4. The number of benzene rings is 3. The van der Waals surface area contributed by atoms with Crippen molar-refractivity contribution in [2.45, 2.75) is 102 Å². The van der Waals surface area contributed by atoms with E-state index in [0.717, 1.165) is 5.92 Å². The number of fused-ring (bicyclic) bond motifs is 3. The SMILES string of the molecule is Cc1ccccc1-c1cc(-c2ccc3c(c2)C(C)(C)c2cc(C4CCCCC4)ccc2-3)c(C2CCCCC2)c[n+]1C. The Kier molecular flexibility index (Phi) is 6.88. The van der Waals surface area contributed by atoms with Gasteiger partial charge in [0.15, 0.2) is 6.20 Å². The van der Waals surface area contributed by atoms with Crippen molar-refractivity contribution in [3.8, 4) is 33.5 Å². The quantitative estimate of drug-likeness (QED) is 0.227. The predicted molar refractivity (Wildman–Crippen MR) is 172 cm³/mol. The highest BCUT2D eigenvalue weighted by molar-refractivity contribution is 5.85. The maximum Gasteiger partial charge on any atom is 0.213 e. The molecule has 7 rings (SSSR count). The van der Waals surface area contributed by atoms with Crippen LogP contribution in [0.1, 0.15) is 118 Å². The molecule has 0 aliphatic heterocycles. The van der Waals surface area contributed by atoms with Gasteiger partial charge in [0.25, 0.3) is 0 Å². The summed E-state index contributed by atoms with van der Waals surface area (Å²) in [5.41, 5.74) is 15.8. The lowest BCUT2D eigenvalue weighted by atomic mass is 9.78. The molecule has 41 heavy (non-hydrogen) atoms. The second-order valence-electron chi connectivity index (χ2n) is 13.8. The van der Waals surface area contributed by atoms with Crippen molar-refractivity contribution in [2.75, 3.05) is 0 Å². The largest absolute Gasteiger partial charge is 0.213 e.